The van der Waals surface area contributed by atoms with Gasteiger partial charge in [0.25, 0.3) is 5.91 Å². The van der Waals surface area contributed by atoms with Crippen molar-refractivity contribution in [3.63, 3.8) is 0 Å². The number of hydrogen-bond donors (Lipinski definition) is 1. The highest BCUT2D eigenvalue weighted by Crippen LogP contribution is 2.24. The first-order chi connectivity index (χ1) is 15.5. The molecule has 0 spiro atoms. The molecule has 4 aromatic rings. The average Bonchev–Trinajstić information content (AvgIpc) is 3.18. The molecule has 0 aliphatic carbocycles. The van der Waals surface area contributed by atoms with Crippen molar-refractivity contribution in [1.82, 2.24) is 14.9 Å². The Morgan fingerprint density at radius 3 is 2.31 bits per heavy atom. The first-order valence-electron chi connectivity index (χ1n) is 10.9. The average molecular weight is 428 g/mol. The number of amides is 1. The van der Waals surface area contributed by atoms with Crippen LogP contribution in [0.1, 0.15) is 60.0 Å². The van der Waals surface area contributed by atoms with Gasteiger partial charge in [-0.1, -0.05) is 50.2 Å². The van der Waals surface area contributed by atoms with Gasteiger partial charge >= 0.3 is 0 Å². The van der Waals surface area contributed by atoms with Gasteiger partial charge in [-0.2, -0.15) is 0 Å². The second kappa shape index (κ2) is 9.27. The standard InChI is InChI=1S/C27H29N3O2/c1-18(2)21-11-9-20(10-12-21)17-30-25-8-6-5-7-24(25)29-26(30)19(3)28-27(31)22-13-15-23(32-4)16-14-22/h5-16,18-19H,17H2,1-4H3,(H,28,31). The van der Waals surface area contributed by atoms with Crippen LogP contribution in [0.15, 0.2) is 72.8 Å². The summed E-state index contributed by atoms with van der Waals surface area (Å²) < 4.78 is 7.37. The lowest BCUT2D eigenvalue weighted by atomic mass is 10.0. The molecule has 1 atom stereocenters. The van der Waals surface area contributed by atoms with E-state index < -0.39 is 0 Å². The number of carbonyl (C=O) groups is 1. The van der Waals surface area contributed by atoms with Gasteiger partial charge in [0.1, 0.15) is 11.6 Å². The highest BCUT2D eigenvalue weighted by atomic mass is 16.5. The van der Waals surface area contributed by atoms with E-state index in [1.54, 1.807) is 31.4 Å². The second-order valence-corrected chi connectivity index (χ2v) is 8.36. The van der Waals surface area contributed by atoms with Gasteiger partial charge in [-0.05, 0) is 60.4 Å². The predicted molar refractivity (Wildman–Crippen MR) is 128 cm³/mol. The molecular formula is C27H29N3O2. The number of fused-ring (bicyclic) bond motifs is 1. The van der Waals surface area contributed by atoms with Crippen LogP contribution in [0.25, 0.3) is 11.0 Å². The summed E-state index contributed by atoms with van der Waals surface area (Å²) in [6.45, 7) is 7.06. The Morgan fingerprint density at radius 2 is 1.66 bits per heavy atom. The van der Waals surface area contributed by atoms with Crippen molar-refractivity contribution in [1.29, 1.82) is 0 Å². The van der Waals surface area contributed by atoms with Crippen LogP contribution in [0, 0.1) is 0 Å². The number of hydrogen-bond acceptors (Lipinski definition) is 3. The molecule has 3 aromatic carbocycles. The first kappa shape index (κ1) is 21.6. The van der Waals surface area contributed by atoms with Crippen LogP contribution in [0.4, 0.5) is 0 Å². The second-order valence-electron chi connectivity index (χ2n) is 8.36. The van der Waals surface area contributed by atoms with Crippen LogP contribution >= 0.6 is 0 Å². The maximum absolute atomic E-state index is 12.8. The fourth-order valence-electron chi connectivity index (χ4n) is 3.87. The molecule has 1 heterocycles. The van der Waals surface area contributed by atoms with Crippen molar-refractivity contribution >= 4 is 16.9 Å². The first-order valence-corrected chi connectivity index (χ1v) is 10.9. The van der Waals surface area contributed by atoms with Crippen molar-refractivity contribution in [3.8, 4) is 5.75 Å². The van der Waals surface area contributed by atoms with Gasteiger partial charge in [0.15, 0.2) is 0 Å². The lowest BCUT2D eigenvalue weighted by Crippen LogP contribution is -2.28. The molecule has 1 unspecified atom stereocenters. The third-order valence-corrected chi connectivity index (χ3v) is 5.76. The normalized spacial score (nSPS) is 12.2. The maximum atomic E-state index is 12.8. The number of nitrogens with zero attached hydrogens (tertiary/aromatic N) is 2. The van der Waals surface area contributed by atoms with E-state index >= 15 is 0 Å². The molecule has 1 amide bonds. The topological polar surface area (TPSA) is 56.1 Å². The fourth-order valence-corrected chi connectivity index (χ4v) is 3.87. The molecule has 5 nitrogen and oxygen atoms in total. The van der Waals surface area contributed by atoms with Crippen molar-refractivity contribution < 1.29 is 9.53 Å². The Bertz CT molecular complexity index is 1210. The Morgan fingerprint density at radius 1 is 0.969 bits per heavy atom. The van der Waals surface area contributed by atoms with E-state index in [1.165, 1.54) is 11.1 Å². The number of aromatic nitrogens is 2. The predicted octanol–water partition coefficient (Wildman–Crippen LogP) is 5.71. The smallest absolute Gasteiger partial charge is 0.251 e. The van der Waals surface area contributed by atoms with Gasteiger partial charge in [0.2, 0.25) is 0 Å². The van der Waals surface area contributed by atoms with E-state index in [0.717, 1.165) is 22.6 Å². The molecule has 4 rings (SSSR count). The number of imidazole rings is 1. The molecule has 0 saturated carbocycles. The van der Waals surface area contributed by atoms with E-state index in [1.807, 2.05) is 25.1 Å². The molecule has 0 aliphatic heterocycles. The van der Waals surface area contributed by atoms with E-state index in [4.69, 9.17) is 9.72 Å². The minimum atomic E-state index is -0.257. The maximum Gasteiger partial charge on any atom is 0.251 e. The molecule has 0 bridgehead atoms. The zero-order chi connectivity index (χ0) is 22.7. The molecule has 0 aliphatic rings. The highest BCUT2D eigenvalue weighted by molar-refractivity contribution is 5.94. The summed E-state index contributed by atoms with van der Waals surface area (Å²) in [5, 5.41) is 3.10. The third-order valence-electron chi connectivity index (χ3n) is 5.76. The third kappa shape index (κ3) is 4.52. The molecule has 0 saturated heterocycles. The van der Waals surface area contributed by atoms with Gasteiger partial charge in [-0.25, -0.2) is 4.98 Å². The highest BCUT2D eigenvalue weighted by Gasteiger charge is 2.19. The molecule has 164 valence electrons. The van der Waals surface area contributed by atoms with Crippen molar-refractivity contribution in [2.24, 2.45) is 0 Å². The fraction of sp³-hybridized carbons (Fsp3) is 0.259. The van der Waals surface area contributed by atoms with Crippen LogP contribution in [0.5, 0.6) is 5.75 Å². The molecule has 0 fully saturated rings. The summed E-state index contributed by atoms with van der Waals surface area (Å²) >= 11 is 0. The molecule has 0 radical (unpaired) electrons. The van der Waals surface area contributed by atoms with Crippen molar-refractivity contribution in [2.75, 3.05) is 7.11 Å². The minimum Gasteiger partial charge on any atom is -0.497 e. The number of nitrogens with one attached hydrogen (secondary N) is 1. The molecule has 1 N–H and O–H groups in total. The van der Waals surface area contributed by atoms with Gasteiger partial charge in [-0.15, -0.1) is 0 Å². The van der Waals surface area contributed by atoms with Gasteiger partial charge < -0.3 is 14.6 Å². The Labute approximate surface area is 189 Å². The molecule has 5 heteroatoms. The number of ether oxygens (including phenoxy) is 1. The summed E-state index contributed by atoms with van der Waals surface area (Å²) in [5.74, 6) is 1.92. The Kier molecular flexibility index (Phi) is 6.26. The SMILES string of the molecule is COc1ccc(C(=O)NC(C)c2nc3ccccc3n2Cc2ccc(C(C)C)cc2)cc1. The number of methoxy groups -OCH3 is 1. The quantitative estimate of drug-likeness (QED) is 0.411. The molecule has 32 heavy (non-hydrogen) atoms. The lowest BCUT2D eigenvalue weighted by Gasteiger charge is -2.17. The summed E-state index contributed by atoms with van der Waals surface area (Å²) in [6.07, 6.45) is 0. The zero-order valence-corrected chi connectivity index (χ0v) is 19.0. The van der Waals surface area contributed by atoms with E-state index in [2.05, 4.69) is 54.1 Å². The van der Waals surface area contributed by atoms with E-state index in [-0.39, 0.29) is 11.9 Å². The number of benzene rings is 3. The number of rotatable bonds is 7. The molecular weight excluding hydrogens is 398 g/mol. The van der Waals surface area contributed by atoms with E-state index in [0.29, 0.717) is 18.0 Å². The van der Waals surface area contributed by atoms with Gasteiger partial charge in [0, 0.05) is 12.1 Å². The van der Waals surface area contributed by atoms with E-state index in [9.17, 15) is 4.79 Å². The van der Waals surface area contributed by atoms with Gasteiger partial charge in [-0.3, -0.25) is 4.79 Å². The minimum absolute atomic E-state index is 0.139. The Hall–Kier alpha value is -3.60. The summed E-state index contributed by atoms with van der Waals surface area (Å²) in [5.41, 5.74) is 5.09. The Balaban J connectivity index is 1.61. The van der Waals surface area contributed by atoms with Crippen LogP contribution in [-0.2, 0) is 6.54 Å². The summed E-state index contributed by atoms with van der Waals surface area (Å²) in [4.78, 5) is 17.7. The summed E-state index contributed by atoms with van der Waals surface area (Å²) in [6, 6.07) is 23.7. The van der Waals surface area contributed by atoms with Crippen LogP contribution < -0.4 is 10.1 Å². The zero-order valence-electron chi connectivity index (χ0n) is 19.0. The van der Waals surface area contributed by atoms with Crippen LogP contribution in [0.3, 0.4) is 0 Å². The summed E-state index contributed by atoms with van der Waals surface area (Å²) in [7, 11) is 1.61. The van der Waals surface area contributed by atoms with Crippen LogP contribution in [0.2, 0.25) is 0 Å². The molecule has 1 aromatic heterocycles. The van der Waals surface area contributed by atoms with Crippen molar-refractivity contribution in [3.05, 3.63) is 95.3 Å². The van der Waals surface area contributed by atoms with Gasteiger partial charge in [0.05, 0.1) is 24.2 Å². The largest absolute Gasteiger partial charge is 0.497 e. The lowest BCUT2D eigenvalue weighted by molar-refractivity contribution is 0.0937. The monoisotopic (exact) mass is 427 g/mol. The number of para-hydroxylation sites is 2. The van der Waals surface area contributed by atoms with Crippen molar-refractivity contribution in [2.45, 2.75) is 39.3 Å². The number of carbonyl (C=O) groups excluding carboxylic acids is 1. The van der Waals surface area contributed by atoms with Crippen LogP contribution in [-0.4, -0.2) is 22.6 Å².